The number of fused-ring (bicyclic) bond motifs is 1. The van der Waals surface area contributed by atoms with Gasteiger partial charge in [-0.3, -0.25) is 4.79 Å². The maximum Gasteiger partial charge on any atom is 0.237 e. The topological polar surface area (TPSA) is 72.7 Å². The number of rotatable bonds is 5. The van der Waals surface area contributed by atoms with Crippen LogP contribution in [-0.4, -0.2) is 30.9 Å². The lowest BCUT2D eigenvalue weighted by molar-refractivity contribution is -0.115. The van der Waals surface area contributed by atoms with Gasteiger partial charge in [0.25, 0.3) is 0 Å². The Hall–Kier alpha value is -3.19. The summed E-state index contributed by atoms with van der Waals surface area (Å²) < 4.78 is 1.78. The Morgan fingerprint density at radius 2 is 1.77 bits per heavy atom. The fraction of sp³-hybridized carbons (Fsp3) is 0.217. The van der Waals surface area contributed by atoms with Gasteiger partial charge in [0.05, 0.1) is 22.5 Å². The molecule has 0 saturated heterocycles. The van der Waals surface area contributed by atoms with Crippen molar-refractivity contribution in [1.82, 2.24) is 19.7 Å². The molecule has 0 radical (unpaired) electrons. The van der Waals surface area contributed by atoms with E-state index in [0.717, 1.165) is 38.6 Å². The number of nitrogens with zero attached hydrogens (tertiary/aromatic N) is 4. The third-order valence-corrected chi connectivity index (χ3v) is 6.03. The Labute approximate surface area is 179 Å². The lowest BCUT2D eigenvalue weighted by Crippen LogP contribution is -2.23. The predicted molar refractivity (Wildman–Crippen MR) is 121 cm³/mol. The maximum atomic E-state index is 12.9. The zero-order valence-electron chi connectivity index (χ0n) is 17.4. The molecule has 2 aromatic heterocycles. The van der Waals surface area contributed by atoms with Gasteiger partial charge >= 0.3 is 0 Å². The first kappa shape index (κ1) is 20.1. The molecule has 1 N–H and O–H groups in total. The van der Waals surface area contributed by atoms with Gasteiger partial charge < -0.3 is 5.32 Å². The van der Waals surface area contributed by atoms with E-state index >= 15 is 0 Å². The third-order valence-electron chi connectivity index (χ3n) is 4.91. The van der Waals surface area contributed by atoms with Gasteiger partial charge in [0, 0.05) is 5.69 Å². The second kappa shape index (κ2) is 8.28. The van der Waals surface area contributed by atoms with E-state index in [4.69, 9.17) is 0 Å². The van der Waals surface area contributed by atoms with Crippen LogP contribution in [0.3, 0.4) is 0 Å². The van der Waals surface area contributed by atoms with Crippen LogP contribution in [0.2, 0.25) is 0 Å². The van der Waals surface area contributed by atoms with E-state index in [1.165, 1.54) is 23.7 Å². The first-order valence-electron chi connectivity index (χ1n) is 9.73. The van der Waals surface area contributed by atoms with Crippen LogP contribution >= 0.6 is 11.8 Å². The molecule has 4 aromatic rings. The third kappa shape index (κ3) is 3.93. The number of aromatic nitrogens is 4. The highest BCUT2D eigenvalue weighted by molar-refractivity contribution is 8.00. The summed E-state index contributed by atoms with van der Waals surface area (Å²) in [6.07, 6.45) is 3.27. The van der Waals surface area contributed by atoms with Crippen LogP contribution in [0.25, 0.3) is 16.7 Å². The number of para-hydroxylation sites is 1. The highest BCUT2D eigenvalue weighted by Gasteiger charge is 2.20. The number of hydrogen-bond acceptors (Lipinski definition) is 5. The van der Waals surface area contributed by atoms with Crippen LogP contribution < -0.4 is 5.32 Å². The summed E-state index contributed by atoms with van der Waals surface area (Å²) in [5, 5.41) is 8.79. The molecule has 0 aliphatic heterocycles. The minimum Gasteiger partial charge on any atom is -0.325 e. The summed E-state index contributed by atoms with van der Waals surface area (Å²) in [6.45, 7) is 7.97. The first-order chi connectivity index (χ1) is 14.4. The van der Waals surface area contributed by atoms with Crippen LogP contribution in [0.5, 0.6) is 0 Å². The van der Waals surface area contributed by atoms with E-state index in [1.807, 2.05) is 51.1 Å². The number of anilines is 1. The lowest BCUT2D eigenvalue weighted by atomic mass is 10.1. The number of aryl methyl sites for hydroxylation is 3. The Kier molecular flexibility index (Phi) is 5.55. The molecule has 152 valence electrons. The van der Waals surface area contributed by atoms with Crippen LogP contribution in [0.4, 0.5) is 5.69 Å². The number of carbonyl (C=O) groups excluding carboxylic acids is 1. The molecule has 0 bridgehead atoms. The van der Waals surface area contributed by atoms with Gasteiger partial charge in [0.15, 0.2) is 5.65 Å². The van der Waals surface area contributed by atoms with Gasteiger partial charge in [-0.2, -0.15) is 5.10 Å². The van der Waals surface area contributed by atoms with E-state index in [9.17, 15) is 4.79 Å². The Morgan fingerprint density at radius 3 is 2.47 bits per heavy atom. The lowest BCUT2D eigenvalue weighted by Gasteiger charge is -2.16. The molecule has 7 heteroatoms. The van der Waals surface area contributed by atoms with Crippen molar-refractivity contribution in [3.8, 4) is 5.69 Å². The number of benzene rings is 2. The summed E-state index contributed by atoms with van der Waals surface area (Å²) in [4.78, 5) is 21.7. The summed E-state index contributed by atoms with van der Waals surface area (Å²) >= 11 is 1.41. The number of carbonyl (C=O) groups is 1. The van der Waals surface area contributed by atoms with Crippen molar-refractivity contribution in [2.75, 3.05) is 5.32 Å². The van der Waals surface area contributed by atoms with Crippen molar-refractivity contribution < 1.29 is 4.79 Å². The van der Waals surface area contributed by atoms with Crippen molar-refractivity contribution >= 4 is 34.4 Å². The molecule has 0 spiro atoms. The first-order valence-corrected chi connectivity index (χ1v) is 10.6. The molecular formula is C23H23N5OS. The fourth-order valence-corrected chi connectivity index (χ4v) is 4.38. The van der Waals surface area contributed by atoms with Gasteiger partial charge in [-0.1, -0.05) is 47.7 Å². The van der Waals surface area contributed by atoms with Crippen molar-refractivity contribution in [2.45, 2.75) is 38.0 Å². The molecule has 1 atom stereocenters. The van der Waals surface area contributed by atoms with Crippen molar-refractivity contribution in [3.63, 3.8) is 0 Å². The van der Waals surface area contributed by atoms with Crippen LogP contribution in [0, 0.1) is 20.8 Å². The molecule has 0 aliphatic carbocycles. The van der Waals surface area contributed by atoms with Crippen molar-refractivity contribution in [3.05, 3.63) is 71.7 Å². The second-order valence-corrected chi connectivity index (χ2v) is 8.66. The zero-order valence-corrected chi connectivity index (χ0v) is 18.2. The molecular weight excluding hydrogens is 394 g/mol. The van der Waals surface area contributed by atoms with Crippen LogP contribution in [0.15, 0.2) is 60.0 Å². The summed E-state index contributed by atoms with van der Waals surface area (Å²) in [5.41, 5.74) is 5.83. The fourth-order valence-electron chi connectivity index (χ4n) is 3.50. The number of amides is 1. The minimum absolute atomic E-state index is 0.0581. The van der Waals surface area contributed by atoms with Crippen LogP contribution in [-0.2, 0) is 4.79 Å². The molecule has 4 rings (SSSR count). The second-order valence-electron chi connectivity index (χ2n) is 7.33. The quantitative estimate of drug-likeness (QED) is 0.371. The highest BCUT2D eigenvalue weighted by Crippen LogP contribution is 2.30. The maximum absolute atomic E-state index is 12.9. The monoisotopic (exact) mass is 417 g/mol. The van der Waals surface area contributed by atoms with E-state index in [0.29, 0.717) is 0 Å². The van der Waals surface area contributed by atoms with Gasteiger partial charge in [-0.05, 0) is 51.0 Å². The predicted octanol–water partition coefficient (Wildman–Crippen LogP) is 4.86. The molecule has 6 nitrogen and oxygen atoms in total. The summed E-state index contributed by atoms with van der Waals surface area (Å²) in [7, 11) is 0. The van der Waals surface area contributed by atoms with Gasteiger partial charge in [0.2, 0.25) is 5.91 Å². The zero-order chi connectivity index (χ0) is 21.3. The molecule has 0 aliphatic rings. The normalized spacial score (nSPS) is 12.1. The summed E-state index contributed by atoms with van der Waals surface area (Å²) in [6, 6.07) is 14.0. The SMILES string of the molecule is Cc1cc(C)c(NC(=O)C(C)Sc2ncnc3c2cnn3-c2ccccc2)c(C)c1. The molecule has 1 amide bonds. The van der Waals surface area contributed by atoms with Gasteiger partial charge in [-0.25, -0.2) is 14.6 Å². The number of thioether (sulfide) groups is 1. The van der Waals surface area contributed by atoms with Gasteiger partial charge in [0.1, 0.15) is 11.4 Å². The van der Waals surface area contributed by atoms with Crippen molar-refractivity contribution in [2.24, 2.45) is 0 Å². The Balaban J connectivity index is 1.57. The smallest absolute Gasteiger partial charge is 0.237 e. The van der Waals surface area contributed by atoms with E-state index in [-0.39, 0.29) is 11.2 Å². The molecule has 30 heavy (non-hydrogen) atoms. The number of hydrogen-bond donors (Lipinski definition) is 1. The largest absolute Gasteiger partial charge is 0.325 e. The number of nitrogens with one attached hydrogen (secondary N) is 1. The van der Waals surface area contributed by atoms with E-state index in [2.05, 4.69) is 39.4 Å². The average molecular weight is 418 g/mol. The molecule has 0 saturated carbocycles. The Bertz CT molecular complexity index is 1200. The van der Waals surface area contributed by atoms with Crippen LogP contribution in [0.1, 0.15) is 23.6 Å². The molecule has 2 aromatic carbocycles. The molecule has 0 fully saturated rings. The highest BCUT2D eigenvalue weighted by atomic mass is 32.2. The van der Waals surface area contributed by atoms with E-state index < -0.39 is 0 Å². The molecule has 2 heterocycles. The summed E-state index contributed by atoms with van der Waals surface area (Å²) in [5.74, 6) is -0.0581. The standard InChI is InChI=1S/C23H23N5OS/c1-14-10-15(2)20(16(3)11-14)27-22(29)17(4)30-23-19-12-26-28(21(19)24-13-25-23)18-8-6-5-7-9-18/h5-13,17H,1-4H3,(H,27,29). The van der Waals surface area contributed by atoms with Crippen molar-refractivity contribution in [1.29, 1.82) is 0 Å². The molecule has 1 unspecified atom stereocenters. The van der Waals surface area contributed by atoms with Gasteiger partial charge in [-0.15, -0.1) is 0 Å². The minimum atomic E-state index is -0.330. The van der Waals surface area contributed by atoms with E-state index in [1.54, 1.807) is 10.9 Å². The Morgan fingerprint density at radius 1 is 1.07 bits per heavy atom. The average Bonchev–Trinajstić information content (AvgIpc) is 3.16.